The van der Waals surface area contributed by atoms with Crippen LogP contribution in [-0.4, -0.2) is 39.4 Å². The summed E-state index contributed by atoms with van der Waals surface area (Å²) in [5, 5.41) is 3.03. The van der Waals surface area contributed by atoms with Gasteiger partial charge in [-0.15, -0.1) is 0 Å². The molecule has 2 atom stereocenters. The Morgan fingerprint density at radius 2 is 2.14 bits per heavy atom. The smallest absolute Gasteiger partial charge is 0.270 e. The molecule has 0 aromatic carbocycles. The van der Waals surface area contributed by atoms with Gasteiger partial charge < -0.3 is 5.32 Å². The lowest BCUT2D eigenvalue weighted by Gasteiger charge is -2.36. The van der Waals surface area contributed by atoms with Crippen molar-refractivity contribution in [3.63, 3.8) is 0 Å². The fraction of sp³-hybridized carbons (Fsp3) is 0.450. The molecule has 4 rings (SSSR count). The number of carbonyl (C=O) groups excluding carboxylic acids is 2. The van der Waals surface area contributed by atoms with Gasteiger partial charge in [0, 0.05) is 18.8 Å². The molecule has 2 amide bonds. The first-order chi connectivity index (χ1) is 13.5. The standard InChI is InChI=1S/C20H22FN5O2/c1-13-22-9-6-16(24-13)18(27)25-15-3-2-7-20(11-15)8-10-26(19(20)28)17-5-4-14(21)12-23-17/h4-6,9,12,15H,2-3,7-8,10-11H2,1H3,(H,25,27). The molecule has 2 fully saturated rings. The quantitative estimate of drug-likeness (QED) is 0.879. The number of rotatable bonds is 3. The van der Waals surface area contributed by atoms with Gasteiger partial charge >= 0.3 is 0 Å². The van der Waals surface area contributed by atoms with Gasteiger partial charge in [-0.2, -0.15) is 0 Å². The van der Waals surface area contributed by atoms with Crippen LogP contribution in [0.1, 0.15) is 48.4 Å². The number of amides is 2. The highest BCUT2D eigenvalue weighted by atomic mass is 19.1. The number of carbonyl (C=O) groups is 2. The molecule has 7 nitrogen and oxygen atoms in total. The van der Waals surface area contributed by atoms with Crippen LogP contribution in [0, 0.1) is 18.2 Å². The number of halogens is 1. The van der Waals surface area contributed by atoms with E-state index in [2.05, 4.69) is 20.3 Å². The number of aromatic nitrogens is 3. The molecule has 2 unspecified atom stereocenters. The zero-order valence-electron chi connectivity index (χ0n) is 15.7. The van der Waals surface area contributed by atoms with Crippen molar-refractivity contribution in [2.75, 3.05) is 11.4 Å². The van der Waals surface area contributed by atoms with Gasteiger partial charge in [0.15, 0.2) is 0 Å². The molecule has 1 saturated heterocycles. The molecule has 28 heavy (non-hydrogen) atoms. The maximum Gasteiger partial charge on any atom is 0.270 e. The van der Waals surface area contributed by atoms with Crippen LogP contribution in [0.4, 0.5) is 10.2 Å². The van der Waals surface area contributed by atoms with E-state index in [4.69, 9.17) is 0 Å². The molecule has 146 valence electrons. The average Bonchev–Trinajstić information content (AvgIpc) is 2.98. The van der Waals surface area contributed by atoms with Gasteiger partial charge in [-0.3, -0.25) is 14.5 Å². The Bertz CT molecular complexity index is 904. The Labute approximate surface area is 162 Å². The Morgan fingerprint density at radius 1 is 1.29 bits per heavy atom. The SMILES string of the molecule is Cc1nccc(C(=O)NC2CCCC3(CCN(c4ccc(F)cn4)C3=O)C2)n1. The maximum atomic E-state index is 13.2. The molecule has 1 spiro atoms. The Hall–Kier alpha value is -2.90. The van der Waals surface area contributed by atoms with Crippen molar-refractivity contribution in [3.8, 4) is 0 Å². The highest BCUT2D eigenvalue weighted by Crippen LogP contribution is 2.45. The monoisotopic (exact) mass is 383 g/mol. The fourth-order valence-electron chi connectivity index (χ4n) is 4.32. The third-order valence-corrected chi connectivity index (χ3v) is 5.69. The molecule has 1 aliphatic heterocycles. The summed E-state index contributed by atoms with van der Waals surface area (Å²) in [4.78, 5) is 39.6. The van der Waals surface area contributed by atoms with E-state index in [0.29, 0.717) is 36.7 Å². The average molecular weight is 383 g/mol. The van der Waals surface area contributed by atoms with Crippen molar-refractivity contribution in [1.29, 1.82) is 0 Å². The lowest BCUT2D eigenvalue weighted by atomic mass is 9.71. The Morgan fingerprint density at radius 3 is 2.89 bits per heavy atom. The van der Waals surface area contributed by atoms with E-state index in [9.17, 15) is 14.0 Å². The number of hydrogen-bond donors (Lipinski definition) is 1. The summed E-state index contributed by atoms with van der Waals surface area (Å²) >= 11 is 0. The minimum Gasteiger partial charge on any atom is -0.348 e. The molecular formula is C20H22FN5O2. The van der Waals surface area contributed by atoms with Crippen LogP contribution in [-0.2, 0) is 4.79 Å². The van der Waals surface area contributed by atoms with Crippen LogP contribution in [0.2, 0.25) is 0 Å². The normalized spacial score (nSPS) is 24.6. The van der Waals surface area contributed by atoms with Crippen molar-refractivity contribution in [2.24, 2.45) is 5.41 Å². The molecule has 1 saturated carbocycles. The number of pyridine rings is 1. The maximum absolute atomic E-state index is 13.2. The molecule has 2 aromatic rings. The molecule has 2 aromatic heterocycles. The zero-order valence-corrected chi connectivity index (χ0v) is 15.7. The third kappa shape index (κ3) is 3.46. The van der Waals surface area contributed by atoms with Gasteiger partial charge in [-0.25, -0.2) is 19.3 Å². The first kappa shape index (κ1) is 18.5. The molecule has 0 radical (unpaired) electrons. The molecule has 2 aliphatic rings. The first-order valence-electron chi connectivity index (χ1n) is 9.51. The van der Waals surface area contributed by atoms with Gasteiger partial charge in [-0.05, 0) is 50.8 Å². The second-order valence-corrected chi connectivity index (χ2v) is 7.58. The van der Waals surface area contributed by atoms with Gasteiger partial charge in [0.25, 0.3) is 5.91 Å². The van der Waals surface area contributed by atoms with E-state index >= 15 is 0 Å². The van der Waals surface area contributed by atoms with Gasteiger partial charge in [0.2, 0.25) is 5.91 Å². The summed E-state index contributed by atoms with van der Waals surface area (Å²) < 4.78 is 13.1. The van der Waals surface area contributed by atoms with Crippen molar-refractivity contribution in [1.82, 2.24) is 20.3 Å². The van der Waals surface area contributed by atoms with Gasteiger partial charge in [0.05, 0.1) is 11.6 Å². The minimum absolute atomic E-state index is 0.0171. The summed E-state index contributed by atoms with van der Waals surface area (Å²) in [6.45, 7) is 2.30. The number of nitrogens with zero attached hydrogens (tertiary/aromatic N) is 4. The predicted octanol–water partition coefficient (Wildman–Crippen LogP) is 2.41. The van der Waals surface area contributed by atoms with Crippen molar-refractivity contribution < 1.29 is 14.0 Å². The van der Waals surface area contributed by atoms with E-state index in [1.54, 1.807) is 24.1 Å². The largest absolute Gasteiger partial charge is 0.348 e. The first-order valence-corrected chi connectivity index (χ1v) is 9.51. The van der Waals surface area contributed by atoms with E-state index in [1.807, 2.05) is 0 Å². The molecule has 0 bridgehead atoms. The summed E-state index contributed by atoms with van der Waals surface area (Å²) in [7, 11) is 0. The summed E-state index contributed by atoms with van der Waals surface area (Å²) in [6.07, 6.45) is 6.49. The Kier molecular flexibility index (Phi) is 4.78. The van der Waals surface area contributed by atoms with Crippen LogP contribution < -0.4 is 10.2 Å². The number of aryl methyl sites for hydroxylation is 1. The molecular weight excluding hydrogens is 361 g/mol. The van der Waals surface area contributed by atoms with E-state index in [1.165, 1.54) is 12.1 Å². The molecule has 1 N–H and O–H groups in total. The number of nitrogens with one attached hydrogen (secondary N) is 1. The van der Waals surface area contributed by atoms with Crippen LogP contribution >= 0.6 is 0 Å². The Balaban J connectivity index is 1.46. The summed E-state index contributed by atoms with van der Waals surface area (Å²) in [6, 6.07) is 4.35. The van der Waals surface area contributed by atoms with E-state index in [-0.39, 0.29) is 17.9 Å². The van der Waals surface area contributed by atoms with Crippen LogP contribution in [0.5, 0.6) is 0 Å². The molecule has 3 heterocycles. The van der Waals surface area contributed by atoms with Crippen molar-refractivity contribution >= 4 is 17.6 Å². The van der Waals surface area contributed by atoms with Crippen molar-refractivity contribution in [2.45, 2.75) is 45.1 Å². The number of hydrogen-bond acceptors (Lipinski definition) is 5. The van der Waals surface area contributed by atoms with Gasteiger partial charge in [0.1, 0.15) is 23.2 Å². The van der Waals surface area contributed by atoms with Crippen LogP contribution in [0.3, 0.4) is 0 Å². The molecule has 8 heteroatoms. The lowest BCUT2D eigenvalue weighted by molar-refractivity contribution is -0.127. The fourth-order valence-corrected chi connectivity index (χ4v) is 4.32. The zero-order chi connectivity index (χ0) is 19.7. The predicted molar refractivity (Wildman–Crippen MR) is 100 cm³/mol. The van der Waals surface area contributed by atoms with Crippen LogP contribution in [0.15, 0.2) is 30.6 Å². The highest BCUT2D eigenvalue weighted by Gasteiger charge is 2.50. The van der Waals surface area contributed by atoms with Crippen LogP contribution in [0.25, 0.3) is 0 Å². The molecule has 1 aliphatic carbocycles. The van der Waals surface area contributed by atoms with E-state index in [0.717, 1.165) is 25.5 Å². The van der Waals surface area contributed by atoms with E-state index < -0.39 is 11.2 Å². The topological polar surface area (TPSA) is 88.1 Å². The summed E-state index contributed by atoms with van der Waals surface area (Å²) in [5.74, 6) is 0.371. The second kappa shape index (κ2) is 7.26. The third-order valence-electron chi connectivity index (χ3n) is 5.69. The highest BCUT2D eigenvalue weighted by molar-refractivity contribution is 5.99. The lowest BCUT2D eigenvalue weighted by Crippen LogP contribution is -2.46. The minimum atomic E-state index is -0.492. The number of anilines is 1. The second-order valence-electron chi connectivity index (χ2n) is 7.58. The van der Waals surface area contributed by atoms with Crippen molar-refractivity contribution in [3.05, 3.63) is 47.9 Å². The van der Waals surface area contributed by atoms with Gasteiger partial charge in [-0.1, -0.05) is 6.42 Å². The summed E-state index contributed by atoms with van der Waals surface area (Å²) in [5.41, 5.74) is -0.157.